The van der Waals surface area contributed by atoms with Crippen molar-refractivity contribution >= 4 is 29.5 Å². The van der Waals surface area contributed by atoms with Crippen molar-refractivity contribution in [3.05, 3.63) is 0 Å². The lowest BCUT2D eigenvalue weighted by Crippen LogP contribution is -2.33. The lowest BCUT2D eigenvalue weighted by molar-refractivity contribution is -0.198. The average Bonchev–Trinajstić information content (AvgIpc) is 2.70. The Morgan fingerprint density at radius 1 is 1.14 bits per heavy atom. The van der Waals surface area contributed by atoms with Gasteiger partial charge >= 0.3 is 11.9 Å². The Morgan fingerprint density at radius 2 is 1.67 bits per heavy atom. The molecule has 1 aliphatic rings. The summed E-state index contributed by atoms with van der Waals surface area (Å²) < 4.78 is 4.84. The third kappa shape index (κ3) is 4.66. The van der Waals surface area contributed by atoms with Crippen LogP contribution in [0.1, 0.15) is 40.0 Å². The standard InChI is InChI=1S/C13H17NO7/c1-7(13(19)20-9(3)8(2)15)6-12(18)21-14-10(16)4-5-11(14)17/h7,9H,4-6H2,1-3H3/t7-,9-/m0/s1. The summed E-state index contributed by atoms with van der Waals surface area (Å²) in [5.74, 6) is -3.96. The van der Waals surface area contributed by atoms with Crippen molar-refractivity contribution in [2.24, 2.45) is 5.92 Å². The molecular weight excluding hydrogens is 282 g/mol. The topological polar surface area (TPSA) is 107 Å². The van der Waals surface area contributed by atoms with Crippen molar-refractivity contribution in [3.8, 4) is 0 Å². The van der Waals surface area contributed by atoms with E-state index in [-0.39, 0.29) is 25.0 Å². The van der Waals surface area contributed by atoms with Crippen LogP contribution in [0.2, 0.25) is 0 Å². The number of hydroxylamine groups is 2. The molecule has 0 N–H and O–H groups in total. The zero-order valence-electron chi connectivity index (χ0n) is 12.1. The number of amides is 2. The molecule has 1 saturated heterocycles. The van der Waals surface area contributed by atoms with Crippen molar-refractivity contribution in [1.29, 1.82) is 0 Å². The van der Waals surface area contributed by atoms with Crippen molar-refractivity contribution < 1.29 is 33.5 Å². The van der Waals surface area contributed by atoms with Gasteiger partial charge < -0.3 is 9.57 Å². The van der Waals surface area contributed by atoms with Gasteiger partial charge in [0.1, 0.15) is 0 Å². The second kappa shape index (κ2) is 6.96. The van der Waals surface area contributed by atoms with Crippen molar-refractivity contribution in [2.45, 2.75) is 46.1 Å². The number of rotatable bonds is 6. The number of carbonyl (C=O) groups is 5. The van der Waals surface area contributed by atoms with Crippen LogP contribution in [-0.2, 0) is 33.5 Å². The minimum Gasteiger partial charge on any atom is -0.454 e. The highest BCUT2D eigenvalue weighted by Gasteiger charge is 2.33. The molecule has 0 aliphatic carbocycles. The molecule has 0 spiro atoms. The molecular formula is C13H17NO7. The predicted octanol–water partition coefficient (Wildman–Crippen LogP) is 0.140. The average molecular weight is 299 g/mol. The van der Waals surface area contributed by atoms with Gasteiger partial charge in [-0.15, -0.1) is 5.06 Å². The summed E-state index contributed by atoms with van der Waals surface area (Å²) in [6.45, 7) is 4.12. The summed E-state index contributed by atoms with van der Waals surface area (Å²) in [6.07, 6.45) is -1.25. The number of hydrogen-bond acceptors (Lipinski definition) is 7. The molecule has 0 radical (unpaired) electrons. The third-order valence-corrected chi connectivity index (χ3v) is 2.94. The van der Waals surface area contributed by atoms with Gasteiger partial charge in [0.05, 0.1) is 12.3 Å². The van der Waals surface area contributed by atoms with Crippen LogP contribution in [0, 0.1) is 5.92 Å². The van der Waals surface area contributed by atoms with Gasteiger partial charge in [0, 0.05) is 12.8 Å². The Labute approximate surface area is 121 Å². The fourth-order valence-electron chi connectivity index (χ4n) is 1.50. The van der Waals surface area contributed by atoms with E-state index >= 15 is 0 Å². The van der Waals surface area contributed by atoms with Gasteiger partial charge in [-0.2, -0.15) is 0 Å². The second-order valence-electron chi connectivity index (χ2n) is 4.84. The van der Waals surface area contributed by atoms with Crippen LogP contribution in [-0.4, -0.2) is 40.7 Å². The Kier molecular flexibility index (Phi) is 5.57. The van der Waals surface area contributed by atoms with Crippen molar-refractivity contribution in [1.82, 2.24) is 5.06 Å². The summed E-state index contributed by atoms with van der Waals surface area (Å²) in [5, 5.41) is 0.415. The maximum atomic E-state index is 11.6. The smallest absolute Gasteiger partial charge is 0.334 e. The predicted molar refractivity (Wildman–Crippen MR) is 67.2 cm³/mol. The second-order valence-corrected chi connectivity index (χ2v) is 4.84. The number of esters is 1. The summed E-state index contributed by atoms with van der Waals surface area (Å²) in [5.41, 5.74) is 0. The Morgan fingerprint density at radius 3 is 2.14 bits per heavy atom. The summed E-state index contributed by atoms with van der Waals surface area (Å²) in [4.78, 5) is 61.3. The molecule has 2 amide bonds. The van der Waals surface area contributed by atoms with E-state index in [4.69, 9.17) is 4.74 Å². The van der Waals surface area contributed by atoms with Crippen LogP contribution in [0.15, 0.2) is 0 Å². The molecule has 8 nitrogen and oxygen atoms in total. The van der Waals surface area contributed by atoms with Gasteiger partial charge in [0.25, 0.3) is 11.8 Å². The van der Waals surface area contributed by atoms with E-state index in [9.17, 15) is 24.0 Å². The van der Waals surface area contributed by atoms with Crippen LogP contribution in [0.4, 0.5) is 0 Å². The molecule has 0 aromatic carbocycles. The van der Waals surface area contributed by atoms with Crippen molar-refractivity contribution in [2.75, 3.05) is 0 Å². The minimum absolute atomic E-state index is 0.000164. The minimum atomic E-state index is -0.891. The quantitative estimate of drug-likeness (QED) is 0.507. The highest BCUT2D eigenvalue weighted by Crippen LogP contribution is 2.15. The zero-order valence-corrected chi connectivity index (χ0v) is 12.1. The van der Waals surface area contributed by atoms with Gasteiger partial charge in [-0.05, 0) is 13.8 Å². The van der Waals surface area contributed by atoms with E-state index in [1.165, 1.54) is 20.8 Å². The highest BCUT2D eigenvalue weighted by molar-refractivity contribution is 6.01. The van der Waals surface area contributed by atoms with E-state index in [1.54, 1.807) is 0 Å². The number of hydrogen-bond donors (Lipinski definition) is 0. The third-order valence-electron chi connectivity index (χ3n) is 2.94. The molecule has 0 aromatic heterocycles. The van der Waals surface area contributed by atoms with Gasteiger partial charge in [-0.3, -0.25) is 19.2 Å². The monoisotopic (exact) mass is 299 g/mol. The number of nitrogens with zero attached hydrogens (tertiary/aromatic N) is 1. The molecule has 1 fully saturated rings. The molecule has 21 heavy (non-hydrogen) atoms. The first-order chi connectivity index (χ1) is 9.72. The summed E-state index contributed by atoms with van der Waals surface area (Å²) >= 11 is 0. The first-order valence-corrected chi connectivity index (χ1v) is 6.50. The number of imide groups is 1. The molecule has 0 saturated carbocycles. The number of carbonyl (C=O) groups excluding carboxylic acids is 5. The van der Waals surface area contributed by atoms with Gasteiger partial charge in [-0.25, -0.2) is 4.79 Å². The fraction of sp³-hybridized carbons (Fsp3) is 0.615. The molecule has 116 valence electrons. The zero-order chi connectivity index (χ0) is 16.2. The Balaban J connectivity index is 2.46. The molecule has 0 bridgehead atoms. The lowest BCUT2D eigenvalue weighted by Gasteiger charge is -2.16. The van der Waals surface area contributed by atoms with E-state index in [0.717, 1.165) is 0 Å². The molecule has 2 atom stereocenters. The first-order valence-electron chi connectivity index (χ1n) is 6.50. The molecule has 1 heterocycles. The molecule has 1 aliphatic heterocycles. The molecule has 1 rings (SSSR count). The number of ether oxygens (including phenoxy) is 1. The largest absolute Gasteiger partial charge is 0.454 e. The lowest BCUT2D eigenvalue weighted by atomic mass is 10.1. The van der Waals surface area contributed by atoms with Crippen LogP contribution >= 0.6 is 0 Å². The van der Waals surface area contributed by atoms with Crippen LogP contribution in [0.3, 0.4) is 0 Å². The van der Waals surface area contributed by atoms with Crippen molar-refractivity contribution in [3.63, 3.8) is 0 Å². The van der Waals surface area contributed by atoms with Gasteiger partial charge in [0.15, 0.2) is 11.9 Å². The van der Waals surface area contributed by atoms with Crippen LogP contribution in [0.5, 0.6) is 0 Å². The maximum Gasteiger partial charge on any atom is 0.334 e. The molecule has 8 heteroatoms. The number of ketones is 1. The van der Waals surface area contributed by atoms with E-state index < -0.39 is 35.8 Å². The van der Waals surface area contributed by atoms with Gasteiger partial charge in [-0.1, -0.05) is 6.92 Å². The van der Waals surface area contributed by atoms with E-state index in [1.807, 2.05) is 0 Å². The normalized spacial score (nSPS) is 17.4. The fourth-order valence-corrected chi connectivity index (χ4v) is 1.50. The maximum absolute atomic E-state index is 11.6. The van der Waals surface area contributed by atoms with Gasteiger partial charge in [0.2, 0.25) is 0 Å². The molecule has 0 aromatic rings. The van der Waals surface area contributed by atoms with E-state index in [2.05, 4.69) is 4.84 Å². The first kappa shape index (κ1) is 16.8. The van der Waals surface area contributed by atoms with E-state index in [0.29, 0.717) is 5.06 Å². The Hall–Kier alpha value is -2.25. The highest BCUT2D eigenvalue weighted by atomic mass is 16.7. The van der Waals surface area contributed by atoms with Crippen LogP contribution in [0.25, 0.3) is 0 Å². The molecule has 0 unspecified atom stereocenters. The SMILES string of the molecule is CC(=O)[C@H](C)OC(=O)[C@@H](C)CC(=O)ON1C(=O)CCC1=O. The van der Waals surface area contributed by atoms with Crippen LogP contribution < -0.4 is 0 Å². The Bertz CT molecular complexity index is 469. The summed E-state index contributed by atoms with van der Waals surface area (Å²) in [7, 11) is 0. The summed E-state index contributed by atoms with van der Waals surface area (Å²) in [6, 6.07) is 0. The number of Topliss-reactive ketones (excluding diaryl/α,β-unsaturated/α-hetero) is 1.